The van der Waals surface area contributed by atoms with E-state index in [9.17, 15) is 9.70 Å². The SMILES string of the molecule is CC(N=O)c1ccc2c(c1)CN(C(=O)O)CC2. The van der Waals surface area contributed by atoms with Crippen molar-refractivity contribution >= 4 is 6.09 Å². The summed E-state index contributed by atoms with van der Waals surface area (Å²) < 4.78 is 0. The van der Waals surface area contributed by atoms with Crippen molar-refractivity contribution in [2.75, 3.05) is 6.54 Å². The Morgan fingerprint density at radius 1 is 1.47 bits per heavy atom. The number of hydrogen-bond acceptors (Lipinski definition) is 3. The highest BCUT2D eigenvalue weighted by Gasteiger charge is 2.20. The number of nitrogens with zero attached hydrogens (tertiary/aromatic N) is 2. The Labute approximate surface area is 99.0 Å². The fraction of sp³-hybridized carbons (Fsp3) is 0.417. The number of amides is 1. The van der Waals surface area contributed by atoms with Gasteiger partial charge in [-0.1, -0.05) is 23.4 Å². The second kappa shape index (κ2) is 4.53. The lowest BCUT2D eigenvalue weighted by Gasteiger charge is -2.26. The highest BCUT2D eigenvalue weighted by atomic mass is 16.4. The van der Waals surface area contributed by atoms with Gasteiger partial charge in [0.05, 0.1) is 0 Å². The van der Waals surface area contributed by atoms with Gasteiger partial charge in [0, 0.05) is 13.1 Å². The van der Waals surface area contributed by atoms with Gasteiger partial charge in [-0.15, -0.1) is 0 Å². The van der Waals surface area contributed by atoms with Gasteiger partial charge in [0.1, 0.15) is 6.04 Å². The molecule has 5 nitrogen and oxygen atoms in total. The molecule has 1 N–H and O–H groups in total. The number of hydrogen-bond donors (Lipinski definition) is 1. The predicted molar refractivity (Wildman–Crippen MR) is 62.8 cm³/mol. The lowest BCUT2D eigenvalue weighted by atomic mass is 9.95. The minimum atomic E-state index is -0.900. The van der Waals surface area contributed by atoms with Gasteiger partial charge in [0.25, 0.3) is 0 Å². The van der Waals surface area contributed by atoms with Crippen LogP contribution >= 0.6 is 0 Å². The molecule has 1 unspecified atom stereocenters. The molecule has 17 heavy (non-hydrogen) atoms. The molecule has 1 aromatic carbocycles. The van der Waals surface area contributed by atoms with E-state index in [0.29, 0.717) is 13.1 Å². The Morgan fingerprint density at radius 2 is 2.24 bits per heavy atom. The first kappa shape index (κ1) is 11.6. The van der Waals surface area contributed by atoms with E-state index in [-0.39, 0.29) is 6.04 Å². The van der Waals surface area contributed by atoms with Crippen LogP contribution in [0.25, 0.3) is 0 Å². The molecule has 2 rings (SSSR count). The summed E-state index contributed by atoms with van der Waals surface area (Å²) in [4.78, 5) is 22.8. The van der Waals surface area contributed by atoms with E-state index in [2.05, 4.69) is 5.18 Å². The number of carboxylic acid groups (broad SMARTS) is 1. The predicted octanol–water partition coefficient (Wildman–Crippen LogP) is 2.55. The van der Waals surface area contributed by atoms with E-state index >= 15 is 0 Å². The van der Waals surface area contributed by atoms with Crippen molar-refractivity contribution in [3.63, 3.8) is 0 Å². The summed E-state index contributed by atoms with van der Waals surface area (Å²) in [5.41, 5.74) is 2.97. The highest BCUT2D eigenvalue weighted by molar-refractivity contribution is 5.65. The number of nitroso groups, excluding NO2 is 1. The van der Waals surface area contributed by atoms with E-state index in [1.807, 2.05) is 18.2 Å². The summed E-state index contributed by atoms with van der Waals surface area (Å²) in [5.74, 6) is 0. The molecule has 0 spiro atoms. The third-order valence-corrected chi connectivity index (χ3v) is 3.15. The zero-order chi connectivity index (χ0) is 12.4. The van der Waals surface area contributed by atoms with Crippen LogP contribution in [0.5, 0.6) is 0 Å². The number of rotatable bonds is 2. The molecule has 1 aliphatic rings. The summed E-state index contributed by atoms with van der Waals surface area (Å²) in [5, 5.41) is 11.9. The van der Waals surface area contributed by atoms with Crippen LogP contribution in [0, 0.1) is 4.91 Å². The second-order valence-electron chi connectivity index (χ2n) is 4.26. The van der Waals surface area contributed by atoms with Crippen LogP contribution in [0.4, 0.5) is 4.79 Å². The van der Waals surface area contributed by atoms with E-state index in [1.165, 1.54) is 4.90 Å². The molecule has 90 valence electrons. The summed E-state index contributed by atoms with van der Waals surface area (Å²) >= 11 is 0. The van der Waals surface area contributed by atoms with Crippen molar-refractivity contribution in [2.24, 2.45) is 5.18 Å². The maximum atomic E-state index is 10.9. The largest absolute Gasteiger partial charge is 0.465 e. The van der Waals surface area contributed by atoms with Gasteiger partial charge < -0.3 is 10.0 Å². The second-order valence-corrected chi connectivity index (χ2v) is 4.26. The molecule has 0 fully saturated rings. The fourth-order valence-corrected chi connectivity index (χ4v) is 2.06. The summed E-state index contributed by atoms with van der Waals surface area (Å²) in [6.07, 6.45) is -0.173. The first-order valence-corrected chi connectivity index (χ1v) is 5.54. The summed E-state index contributed by atoms with van der Waals surface area (Å²) in [6, 6.07) is 5.35. The molecule has 1 aromatic rings. The Hall–Kier alpha value is -1.91. The Kier molecular flexibility index (Phi) is 3.08. The molecule has 1 heterocycles. The maximum absolute atomic E-state index is 10.9. The fourth-order valence-electron chi connectivity index (χ4n) is 2.06. The minimum absolute atomic E-state index is 0.388. The number of carbonyl (C=O) groups is 1. The van der Waals surface area contributed by atoms with Crippen LogP contribution in [0.15, 0.2) is 23.4 Å². The average molecular weight is 234 g/mol. The quantitative estimate of drug-likeness (QED) is 0.799. The van der Waals surface area contributed by atoms with Gasteiger partial charge >= 0.3 is 6.09 Å². The molecule has 0 bridgehead atoms. The van der Waals surface area contributed by atoms with Crippen molar-refractivity contribution in [1.82, 2.24) is 4.90 Å². The van der Waals surface area contributed by atoms with Gasteiger partial charge in [-0.2, -0.15) is 4.91 Å². The molecule has 5 heteroatoms. The monoisotopic (exact) mass is 234 g/mol. The van der Waals surface area contributed by atoms with Crippen LogP contribution in [-0.4, -0.2) is 22.6 Å². The van der Waals surface area contributed by atoms with Crippen LogP contribution in [-0.2, 0) is 13.0 Å². The molecule has 0 radical (unpaired) electrons. The molecular weight excluding hydrogens is 220 g/mol. The van der Waals surface area contributed by atoms with E-state index in [4.69, 9.17) is 5.11 Å². The van der Waals surface area contributed by atoms with Crippen LogP contribution < -0.4 is 0 Å². The van der Waals surface area contributed by atoms with Crippen LogP contribution in [0.2, 0.25) is 0 Å². The number of fused-ring (bicyclic) bond motifs is 1. The first-order valence-electron chi connectivity index (χ1n) is 5.54. The van der Waals surface area contributed by atoms with Gasteiger partial charge in [-0.25, -0.2) is 4.79 Å². The maximum Gasteiger partial charge on any atom is 0.407 e. The first-order chi connectivity index (χ1) is 8.11. The molecule has 0 saturated carbocycles. The van der Waals surface area contributed by atoms with Gasteiger partial charge in [-0.05, 0) is 30.0 Å². The lowest BCUT2D eigenvalue weighted by molar-refractivity contribution is 0.140. The van der Waals surface area contributed by atoms with Gasteiger partial charge in [-0.3, -0.25) is 0 Å². The minimum Gasteiger partial charge on any atom is -0.465 e. The molecule has 1 atom stereocenters. The van der Waals surface area contributed by atoms with E-state index in [1.54, 1.807) is 6.92 Å². The standard InChI is InChI=1S/C12H14N2O3/c1-8(13-17)10-3-2-9-4-5-14(12(15)16)7-11(9)6-10/h2-3,6,8H,4-5,7H2,1H3,(H,15,16). The van der Waals surface area contributed by atoms with Crippen molar-refractivity contribution in [1.29, 1.82) is 0 Å². The molecule has 0 aliphatic carbocycles. The highest BCUT2D eigenvalue weighted by Crippen LogP contribution is 2.24. The average Bonchev–Trinajstić information content (AvgIpc) is 2.36. The molecule has 0 saturated heterocycles. The smallest absolute Gasteiger partial charge is 0.407 e. The zero-order valence-corrected chi connectivity index (χ0v) is 9.59. The van der Waals surface area contributed by atoms with Crippen LogP contribution in [0.3, 0.4) is 0 Å². The molecule has 1 amide bonds. The third-order valence-electron chi connectivity index (χ3n) is 3.15. The topological polar surface area (TPSA) is 70.0 Å². The third kappa shape index (κ3) is 2.27. The van der Waals surface area contributed by atoms with Gasteiger partial charge in [0.15, 0.2) is 0 Å². The molecule has 0 aromatic heterocycles. The van der Waals surface area contributed by atoms with E-state index < -0.39 is 6.09 Å². The van der Waals surface area contributed by atoms with Crippen molar-refractivity contribution in [3.05, 3.63) is 39.8 Å². The normalized spacial score (nSPS) is 16.2. The Balaban J connectivity index is 2.28. The Morgan fingerprint density at radius 3 is 2.88 bits per heavy atom. The van der Waals surface area contributed by atoms with Crippen molar-refractivity contribution in [2.45, 2.75) is 25.9 Å². The van der Waals surface area contributed by atoms with Crippen LogP contribution in [0.1, 0.15) is 29.7 Å². The summed E-state index contributed by atoms with van der Waals surface area (Å²) in [6.45, 7) is 2.65. The van der Waals surface area contributed by atoms with Gasteiger partial charge in [0.2, 0.25) is 0 Å². The Bertz CT molecular complexity index is 459. The zero-order valence-electron chi connectivity index (χ0n) is 9.59. The lowest BCUT2D eigenvalue weighted by Crippen LogP contribution is -2.34. The number of benzene rings is 1. The van der Waals surface area contributed by atoms with Crippen molar-refractivity contribution in [3.8, 4) is 0 Å². The molecular formula is C12H14N2O3. The van der Waals surface area contributed by atoms with Crippen molar-refractivity contribution < 1.29 is 9.90 Å². The van der Waals surface area contributed by atoms with E-state index in [0.717, 1.165) is 23.1 Å². The molecule has 1 aliphatic heterocycles. The summed E-state index contributed by atoms with van der Waals surface area (Å²) in [7, 11) is 0.